The first-order valence-electron chi connectivity index (χ1n) is 8.57. The van der Waals surface area contributed by atoms with Crippen molar-refractivity contribution in [3.8, 4) is 11.5 Å². The van der Waals surface area contributed by atoms with Crippen LogP contribution >= 0.6 is 0 Å². The van der Waals surface area contributed by atoms with Crippen LogP contribution in [0.3, 0.4) is 0 Å². The quantitative estimate of drug-likeness (QED) is 0.774. The van der Waals surface area contributed by atoms with E-state index in [1.165, 1.54) is 0 Å². The van der Waals surface area contributed by atoms with Crippen molar-refractivity contribution >= 4 is 12.0 Å². The number of nitrogens with zero attached hydrogens (tertiary/aromatic N) is 1. The Morgan fingerprint density at radius 2 is 1.88 bits per heavy atom. The average Bonchev–Trinajstić information content (AvgIpc) is 2.72. The predicted octanol–water partition coefficient (Wildman–Crippen LogP) is 3.32. The molecule has 0 unspecified atom stereocenters. The van der Waals surface area contributed by atoms with Gasteiger partial charge in [0.1, 0.15) is 6.10 Å². The van der Waals surface area contributed by atoms with Gasteiger partial charge in [-0.15, -0.1) is 0 Å². The zero-order chi connectivity index (χ0) is 18.4. The second-order valence-corrected chi connectivity index (χ2v) is 6.00. The molecule has 1 amide bonds. The summed E-state index contributed by atoms with van der Waals surface area (Å²) in [5.74, 6) is 1.27. The van der Waals surface area contributed by atoms with E-state index < -0.39 is 0 Å². The highest BCUT2D eigenvalue weighted by molar-refractivity contribution is 5.92. The van der Waals surface area contributed by atoms with Crippen LogP contribution < -0.4 is 9.47 Å². The molecule has 1 heterocycles. The van der Waals surface area contributed by atoms with Gasteiger partial charge in [-0.2, -0.15) is 0 Å². The van der Waals surface area contributed by atoms with E-state index in [1.807, 2.05) is 53.4 Å². The van der Waals surface area contributed by atoms with Crippen LogP contribution in [0, 0.1) is 0 Å². The van der Waals surface area contributed by atoms with Gasteiger partial charge in [0.2, 0.25) is 5.91 Å². The number of benzene rings is 2. The molecule has 0 saturated carbocycles. The molecule has 5 nitrogen and oxygen atoms in total. The molecule has 26 heavy (non-hydrogen) atoms. The molecule has 136 valence electrons. The van der Waals surface area contributed by atoms with Crippen LogP contribution in [0.15, 0.2) is 54.6 Å². The molecule has 1 aliphatic heterocycles. The van der Waals surface area contributed by atoms with E-state index in [2.05, 4.69) is 0 Å². The molecule has 0 bridgehead atoms. The number of carbonyl (C=O) groups is 1. The van der Waals surface area contributed by atoms with Gasteiger partial charge in [0.15, 0.2) is 11.5 Å². The molecule has 1 atom stereocenters. The lowest BCUT2D eigenvalue weighted by Gasteiger charge is -2.32. The summed E-state index contributed by atoms with van der Waals surface area (Å²) in [7, 11) is 3.19. The van der Waals surface area contributed by atoms with E-state index >= 15 is 0 Å². The zero-order valence-electron chi connectivity index (χ0n) is 15.1. The number of rotatable bonds is 5. The molecule has 0 N–H and O–H groups in total. The fourth-order valence-electron chi connectivity index (χ4n) is 2.95. The third kappa shape index (κ3) is 4.24. The number of carbonyl (C=O) groups excluding carboxylic acids is 1. The highest BCUT2D eigenvalue weighted by atomic mass is 16.5. The Kier molecular flexibility index (Phi) is 5.92. The summed E-state index contributed by atoms with van der Waals surface area (Å²) >= 11 is 0. The van der Waals surface area contributed by atoms with E-state index in [0.29, 0.717) is 31.2 Å². The largest absolute Gasteiger partial charge is 0.493 e. The van der Waals surface area contributed by atoms with Crippen LogP contribution in [0.25, 0.3) is 6.08 Å². The molecule has 1 aliphatic rings. The van der Waals surface area contributed by atoms with Gasteiger partial charge in [-0.25, -0.2) is 0 Å². The van der Waals surface area contributed by atoms with Gasteiger partial charge in [-0.05, 0) is 29.3 Å². The van der Waals surface area contributed by atoms with Gasteiger partial charge >= 0.3 is 0 Å². The highest BCUT2D eigenvalue weighted by Gasteiger charge is 2.24. The van der Waals surface area contributed by atoms with Crippen molar-refractivity contribution in [1.29, 1.82) is 0 Å². The first-order chi connectivity index (χ1) is 12.7. The number of hydrogen-bond donors (Lipinski definition) is 0. The van der Waals surface area contributed by atoms with Crippen molar-refractivity contribution in [2.24, 2.45) is 0 Å². The predicted molar refractivity (Wildman–Crippen MR) is 100 cm³/mol. The lowest BCUT2D eigenvalue weighted by atomic mass is 10.1. The summed E-state index contributed by atoms with van der Waals surface area (Å²) in [6.45, 7) is 1.69. The van der Waals surface area contributed by atoms with Crippen molar-refractivity contribution < 1.29 is 19.0 Å². The Morgan fingerprint density at radius 1 is 1.12 bits per heavy atom. The Bertz CT molecular complexity index is 773. The van der Waals surface area contributed by atoms with Crippen molar-refractivity contribution in [3.05, 3.63) is 65.7 Å². The average molecular weight is 353 g/mol. The zero-order valence-corrected chi connectivity index (χ0v) is 15.1. The Morgan fingerprint density at radius 3 is 2.62 bits per heavy atom. The van der Waals surface area contributed by atoms with Gasteiger partial charge < -0.3 is 19.1 Å². The monoisotopic (exact) mass is 353 g/mol. The minimum atomic E-state index is -0.0802. The molecule has 2 aromatic rings. The standard InChI is InChI=1S/C21H23NO4/c1-24-18-10-8-16(14-19(18)25-2)9-11-21(23)22-12-13-26-20(15-22)17-6-4-3-5-7-17/h3-11,14,20H,12-13,15H2,1-2H3/b11-9+/t20-/m1/s1. The third-order valence-electron chi connectivity index (χ3n) is 4.38. The van der Waals surface area contributed by atoms with Crippen molar-refractivity contribution in [3.63, 3.8) is 0 Å². The number of ether oxygens (including phenoxy) is 3. The molecular formula is C21H23NO4. The maximum Gasteiger partial charge on any atom is 0.246 e. The van der Waals surface area contributed by atoms with Crippen LogP contribution in [0.5, 0.6) is 11.5 Å². The van der Waals surface area contributed by atoms with Crippen LogP contribution in [-0.2, 0) is 9.53 Å². The lowest BCUT2D eigenvalue weighted by molar-refractivity contribution is -0.133. The number of hydrogen-bond acceptors (Lipinski definition) is 4. The highest BCUT2D eigenvalue weighted by Crippen LogP contribution is 2.28. The van der Waals surface area contributed by atoms with Gasteiger partial charge in [-0.1, -0.05) is 36.4 Å². The third-order valence-corrected chi connectivity index (χ3v) is 4.38. The van der Waals surface area contributed by atoms with E-state index in [-0.39, 0.29) is 12.0 Å². The molecule has 5 heteroatoms. The molecule has 2 aromatic carbocycles. The van der Waals surface area contributed by atoms with Gasteiger partial charge in [0, 0.05) is 12.6 Å². The molecule has 0 radical (unpaired) electrons. The molecule has 1 saturated heterocycles. The number of amides is 1. The van der Waals surface area contributed by atoms with Gasteiger partial charge in [0.05, 0.1) is 27.4 Å². The molecule has 0 aromatic heterocycles. The van der Waals surface area contributed by atoms with Crippen LogP contribution in [-0.4, -0.2) is 44.7 Å². The second-order valence-electron chi connectivity index (χ2n) is 6.00. The Balaban J connectivity index is 1.66. The van der Waals surface area contributed by atoms with Crippen LogP contribution in [0.1, 0.15) is 17.2 Å². The summed E-state index contributed by atoms with van der Waals surface area (Å²) in [6, 6.07) is 15.5. The fourth-order valence-corrected chi connectivity index (χ4v) is 2.95. The summed E-state index contributed by atoms with van der Waals surface area (Å²) in [5, 5.41) is 0. The van der Waals surface area contributed by atoms with Gasteiger partial charge in [0.25, 0.3) is 0 Å². The molecular weight excluding hydrogens is 330 g/mol. The smallest absolute Gasteiger partial charge is 0.246 e. The maximum absolute atomic E-state index is 12.6. The summed E-state index contributed by atoms with van der Waals surface area (Å²) in [6.07, 6.45) is 3.30. The molecule has 0 aliphatic carbocycles. The van der Waals surface area contributed by atoms with Crippen molar-refractivity contribution in [2.75, 3.05) is 33.9 Å². The van der Waals surface area contributed by atoms with Crippen molar-refractivity contribution in [2.45, 2.75) is 6.10 Å². The Labute approximate surface area is 153 Å². The van der Waals surface area contributed by atoms with E-state index in [1.54, 1.807) is 26.4 Å². The normalized spacial score (nSPS) is 17.3. The Hall–Kier alpha value is -2.79. The SMILES string of the molecule is COc1ccc(/C=C/C(=O)N2CCO[C@@H](c3ccccc3)C2)cc1OC. The first kappa shape index (κ1) is 18.0. The topological polar surface area (TPSA) is 48.0 Å². The first-order valence-corrected chi connectivity index (χ1v) is 8.57. The summed E-state index contributed by atoms with van der Waals surface area (Å²) in [4.78, 5) is 14.4. The van der Waals surface area contributed by atoms with Crippen LogP contribution in [0.4, 0.5) is 0 Å². The van der Waals surface area contributed by atoms with Gasteiger partial charge in [-0.3, -0.25) is 4.79 Å². The maximum atomic E-state index is 12.6. The minimum absolute atomic E-state index is 0.0241. The molecule has 0 spiro atoms. The van der Waals surface area contributed by atoms with Crippen LogP contribution in [0.2, 0.25) is 0 Å². The van der Waals surface area contributed by atoms with E-state index in [4.69, 9.17) is 14.2 Å². The second kappa shape index (κ2) is 8.54. The van der Waals surface area contributed by atoms with E-state index in [9.17, 15) is 4.79 Å². The number of methoxy groups -OCH3 is 2. The number of morpholine rings is 1. The fraction of sp³-hybridized carbons (Fsp3) is 0.286. The summed E-state index contributed by atoms with van der Waals surface area (Å²) in [5.41, 5.74) is 1.97. The minimum Gasteiger partial charge on any atom is -0.493 e. The molecule has 1 fully saturated rings. The summed E-state index contributed by atoms with van der Waals surface area (Å²) < 4.78 is 16.3. The van der Waals surface area contributed by atoms with E-state index in [0.717, 1.165) is 11.1 Å². The van der Waals surface area contributed by atoms with Crippen molar-refractivity contribution in [1.82, 2.24) is 4.90 Å². The lowest BCUT2D eigenvalue weighted by Crippen LogP contribution is -2.41. The molecule has 3 rings (SSSR count).